The Morgan fingerprint density at radius 1 is 1.08 bits per heavy atom. The third-order valence-electron chi connectivity index (χ3n) is 5.36. The smallest absolute Gasteiger partial charge is 0.309 e. The molecule has 2 saturated heterocycles. The number of carbonyl (C=O) groups is 2. The number of benzene rings is 1. The Labute approximate surface area is 145 Å². The maximum atomic E-state index is 12.7. The molecule has 4 rings (SSSR count). The van der Waals surface area contributed by atoms with Crippen molar-refractivity contribution in [1.29, 1.82) is 0 Å². The van der Waals surface area contributed by atoms with Crippen molar-refractivity contribution in [2.45, 2.75) is 25.4 Å². The van der Waals surface area contributed by atoms with Crippen LogP contribution in [0.5, 0.6) is 11.5 Å². The average molecular weight is 347 g/mol. The first-order valence-electron chi connectivity index (χ1n) is 8.67. The van der Waals surface area contributed by atoms with E-state index in [4.69, 9.17) is 14.2 Å². The zero-order valence-electron chi connectivity index (χ0n) is 13.8. The number of ether oxygens (including phenoxy) is 3. The second-order valence-electron chi connectivity index (χ2n) is 6.77. The standard InChI is InChI=1S/C18H21NO6/c20-17(12-1-2-14-15(9-12)25-10-24-14)19-6-3-11(4-7-19)16-13(18(21)22)5-8-23-16/h1-2,9,11,13,16H,3-8,10H2,(H,21,22)/t13?,16-/m0/s1. The first kappa shape index (κ1) is 16.2. The van der Waals surface area contributed by atoms with Crippen molar-refractivity contribution < 1.29 is 28.9 Å². The van der Waals surface area contributed by atoms with Gasteiger partial charge in [-0.1, -0.05) is 0 Å². The molecule has 2 atom stereocenters. The van der Waals surface area contributed by atoms with Crippen molar-refractivity contribution in [3.8, 4) is 11.5 Å². The molecule has 1 N–H and O–H groups in total. The molecule has 3 aliphatic heterocycles. The highest BCUT2D eigenvalue weighted by Gasteiger charge is 2.40. The van der Waals surface area contributed by atoms with E-state index in [1.807, 2.05) is 4.90 Å². The van der Waals surface area contributed by atoms with E-state index in [1.165, 1.54) is 0 Å². The summed E-state index contributed by atoms with van der Waals surface area (Å²) in [5.74, 6) is 0.239. The lowest BCUT2D eigenvalue weighted by Gasteiger charge is -2.35. The van der Waals surface area contributed by atoms with E-state index in [0.717, 1.165) is 12.8 Å². The van der Waals surface area contributed by atoms with Crippen molar-refractivity contribution in [1.82, 2.24) is 4.90 Å². The summed E-state index contributed by atoms with van der Waals surface area (Å²) in [5, 5.41) is 9.31. The molecule has 0 bridgehead atoms. The molecular formula is C18H21NO6. The molecule has 0 aromatic heterocycles. The lowest BCUT2D eigenvalue weighted by molar-refractivity contribution is -0.145. The van der Waals surface area contributed by atoms with Crippen molar-refractivity contribution in [2.75, 3.05) is 26.5 Å². The predicted molar refractivity (Wildman–Crippen MR) is 86.7 cm³/mol. The van der Waals surface area contributed by atoms with Gasteiger partial charge in [0.05, 0.1) is 12.0 Å². The van der Waals surface area contributed by atoms with Gasteiger partial charge in [-0.3, -0.25) is 9.59 Å². The van der Waals surface area contributed by atoms with Gasteiger partial charge < -0.3 is 24.2 Å². The molecule has 1 amide bonds. The normalized spacial score (nSPS) is 26.0. The summed E-state index contributed by atoms with van der Waals surface area (Å²) in [4.78, 5) is 25.9. The molecule has 0 aliphatic carbocycles. The molecule has 2 fully saturated rings. The number of rotatable bonds is 3. The minimum atomic E-state index is -0.777. The van der Waals surface area contributed by atoms with Crippen molar-refractivity contribution in [3.63, 3.8) is 0 Å². The summed E-state index contributed by atoms with van der Waals surface area (Å²) in [6, 6.07) is 5.23. The third kappa shape index (κ3) is 3.04. The molecule has 134 valence electrons. The monoisotopic (exact) mass is 347 g/mol. The fraction of sp³-hybridized carbons (Fsp3) is 0.556. The minimum absolute atomic E-state index is 0.0288. The van der Waals surface area contributed by atoms with Gasteiger partial charge in [0, 0.05) is 25.3 Å². The number of carbonyl (C=O) groups excluding carboxylic acids is 1. The Morgan fingerprint density at radius 2 is 1.84 bits per heavy atom. The maximum Gasteiger partial charge on any atom is 0.309 e. The van der Waals surface area contributed by atoms with Gasteiger partial charge in [-0.2, -0.15) is 0 Å². The number of carboxylic acids is 1. The van der Waals surface area contributed by atoms with E-state index >= 15 is 0 Å². The Bertz CT molecular complexity index is 682. The van der Waals surface area contributed by atoms with Crippen LogP contribution in [0.4, 0.5) is 0 Å². The van der Waals surface area contributed by atoms with Crippen LogP contribution >= 0.6 is 0 Å². The quantitative estimate of drug-likeness (QED) is 0.897. The molecule has 0 radical (unpaired) electrons. The van der Waals surface area contributed by atoms with Crippen LogP contribution in [0.1, 0.15) is 29.6 Å². The fourth-order valence-corrected chi connectivity index (χ4v) is 3.98. The highest BCUT2D eigenvalue weighted by Crippen LogP contribution is 2.35. The van der Waals surface area contributed by atoms with E-state index in [2.05, 4.69) is 0 Å². The zero-order valence-corrected chi connectivity index (χ0v) is 13.8. The molecule has 3 heterocycles. The van der Waals surface area contributed by atoms with Crippen LogP contribution < -0.4 is 9.47 Å². The van der Waals surface area contributed by atoms with E-state index in [9.17, 15) is 14.7 Å². The molecule has 1 aromatic rings. The van der Waals surface area contributed by atoms with Crippen LogP contribution in [0.25, 0.3) is 0 Å². The van der Waals surface area contributed by atoms with Gasteiger partial charge in [0.25, 0.3) is 5.91 Å². The number of fused-ring (bicyclic) bond motifs is 1. The first-order chi connectivity index (χ1) is 12.1. The second-order valence-corrected chi connectivity index (χ2v) is 6.77. The van der Waals surface area contributed by atoms with E-state index in [1.54, 1.807) is 18.2 Å². The fourth-order valence-electron chi connectivity index (χ4n) is 3.98. The lowest BCUT2D eigenvalue weighted by atomic mass is 9.84. The molecule has 0 saturated carbocycles. The van der Waals surface area contributed by atoms with Gasteiger partial charge in [0.15, 0.2) is 11.5 Å². The highest BCUT2D eigenvalue weighted by atomic mass is 16.7. The SMILES string of the molecule is O=C(O)C1CCO[C@H]1C1CCN(C(=O)c2ccc3c(c2)OCO3)CC1. The molecule has 1 unspecified atom stereocenters. The van der Waals surface area contributed by atoms with Crippen LogP contribution in [-0.2, 0) is 9.53 Å². The lowest BCUT2D eigenvalue weighted by Crippen LogP contribution is -2.43. The molecule has 3 aliphatic rings. The van der Waals surface area contributed by atoms with Gasteiger partial charge in [0.1, 0.15) is 0 Å². The van der Waals surface area contributed by atoms with Crippen LogP contribution in [0.2, 0.25) is 0 Å². The molecule has 25 heavy (non-hydrogen) atoms. The number of nitrogens with zero attached hydrogens (tertiary/aromatic N) is 1. The summed E-state index contributed by atoms with van der Waals surface area (Å²) < 4.78 is 16.3. The van der Waals surface area contributed by atoms with Gasteiger partial charge in [-0.05, 0) is 43.4 Å². The Balaban J connectivity index is 1.38. The summed E-state index contributed by atoms with van der Waals surface area (Å²) >= 11 is 0. The number of amides is 1. The van der Waals surface area contributed by atoms with Gasteiger partial charge in [-0.25, -0.2) is 0 Å². The van der Waals surface area contributed by atoms with Gasteiger partial charge in [-0.15, -0.1) is 0 Å². The van der Waals surface area contributed by atoms with E-state index in [-0.39, 0.29) is 24.7 Å². The van der Waals surface area contributed by atoms with E-state index in [0.29, 0.717) is 43.2 Å². The Kier molecular flexibility index (Phi) is 4.25. The second kappa shape index (κ2) is 6.55. The maximum absolute atomic E-state index is 12.7. The van der Waals surface area contributed by atoms with Gasteiger partial charge >= 0.3 is 5.97 Å². The average Bonchev–Trinajstić information content (AvgIpc) is 3.29. The first-order valence-corrected chi connectivity index (χ1v) is 8.67. The molecule has 7 nitrogen and oxygen atoms in total. The largest absolute Gasteiger partial charge is 0.481 e. The number of hydrogen-bond donors (Lipinski definition) is 1. The highest BCUT2D eigenvalue weighted by molar-refractivity contribution is 5.95. The Morgan fingerprint density at radius 3 is 2.60 bits per heavy atom. The van der Waals surface area contributed by atoms with E-state index < -0.39 is 11.9 Å². The molecule has 0 spiro atoms. The van der Waals surface area contributed by atoms with Gasteiger partial charge in [0.2, 0.25) is 6.79 Å². The number of carboxylic acid groups (broad SMARTS) is 1. The van der Waals surface area contributed by atoms with Crippen LogP contribution in [0, 0.1) is 11.8 Å². The number of piperidine rings is 1. The molecule has 7 heteroatoms. The van der Waals surface area contributed by atoms with Crippen LogP contribution in [-0.4, -0.2) is 54.5 Å². The Hall–Kier alpha value is -2.28. The summed E-state index contributed by atoms with van der Waals surface area (Å²) in [5.41, 5.74) is 0.586. The van der Waals surface area contributed by atoms with Crippen LogP contribution in [0.3, 0.4) is 0 Å². The third-order valence-corrected chi connectivity index (χ3v) is 5.36. The summed E-state index contributed by atoms with van der Waals surface area (Å²) in [6.45, 7) is 1.93. The van der Waals surface area contributed by atoms with Crippen LogP contribution in [0.15, 0.2) is 18.2 Å². The minimum Gasteiger partial charge on any atom is -0.481 e. The molecule has 1 aromatic carbocycles. The number of aliphatic carboxylic acids is 1. The van der Waals surface area contributed by atoms with Crippen molar-refractivity contribution >= 4 is 11.9 Å². The topological polar surface area (TPSA) is 85.3 Å². The van der Waals surface area contributed by atoms with Crippen molar-refractivity contribution in [3.05, 3.63) is 23.8 Å². The number of hydrogen-bond acceptors (Lipinski definition) is 5. The predicted octanol–water partition coefficient (Wildman–Crippen LogP) is 1.76. The summed E-state index contributed by atoms with van der Waals surface area (Å²) in [6.07, 6.45) is 1.89. The summed E-state index contributed by atoms with van der Waals surface area (Å²) in [7, 11) is 0. The number of likely N-dealkylation sites (tertiary alicyclic amines) is 1. The van der Waals surface area contributed by atoms with Crippen molar-refractivity contribution in [2.24, 2.45) is 11.8 Å². The zero-order chi connectivity index (χ0) is 17.4. The molecular weight excluding hydrogens is 326 g/mol.